The minimum absolute atomic E-state index is 0.000377. The van der Waals surface area contributed by atoms with Crippen LogP contribution in [0.25, 0.3) is 0 Å². The highest BCUT2D eigenvalue weighted by atomic mass is 16.6. The fourth-order valence-electron chi connectivity index (χ4n) is 15.9. The maximum atomic E-state index is 15.0. The number of ether oxygens (including phenoxy) is 2. The Labute approximate surface area is 330 Å². The van der Waals surface area contributed by atoms with Gasteiger partial charge >= 0.3 is 0 Å². The maximum absolute atomic E-state index is 15.0. The second-order valence-corrected chi connectivity index (χ2v) is 21.7. The van der Waals surface area contributed by atoms with Gasteiger partial charge in [0.15, 0.2) is 5.78 Å². The van der Waals surface area contributed by atoms with E-state index in [4.69, 9.17) is 15.2 Å². The summed E-state index contributed by atoms with van der Waals surface area (Å²) in [6.07, 6.45) is 16.5. The van der Waals surface area contributed by atoms with Crippen LogP contribution in [0.3, 0.4) is 0 Å². The van der Waals surface area contributed by atoms with E-state index in [0.717, 1.165) is 108 Å². The molecule has 0 aromatic heterocycles. The molecule has 16 atom stereocenters. The number of hydrogen-bond donors (Lipinski definition) is 6. The molecule has 3 aliphatic heterocycles. The first-order chi connectivity index (χ1) is 26.2. The molecule has 0 aromatic rings. The molecule has 0 radical (unpaired) electrons. The standard InChI is InChI=1S/C46H74N2O7/c1-27-16-21-54-45(25-27,40-39(55-40)43(4,52)41(2,26-49)17-12-28-15-20-48-36(47)22-28)35-23-30-10-11-32-37-33(14-18-42(35,3)46(30,37)53)44(29-8-6-5-7-9-29)19-13-31(50)24-34(44)38(32)51/h27-31,33-36,39-40,48-50,52-53H,5-26,47H2,1-4H3. The van der Waals surface area contributed by atoms with Gasteiger partial charge in [-0.1, -0.05) is 40.0 Å². The molecule has 7 fully saturated rings. The van der Waals surface area contributed by atoms with Crippen LogP contribution in [0, 0.1) is 57.7 Å². The zero-order valence-electron chi connectivity index (χ0n) is 34.5. The molecule has 4 saturated carbocycles. The van der Waals surface area contributed by atoms with Crippen molar-refractivity contribution in [2.75, 3.05) is 19.8 Å². The first-order valence-corrected chi connectivity index (χ1v) is 23.0. The van der Waals surface area contributed by atoms with Gasteiger partial charge < -0.3 is 41.0 Å². The van der Waals surface area contributed by atoms with Crippen LogP contribution < -0.4 is 11.1 Å². The average molecular weight is 767 g/mol. The van der Waals surface area contributed by atoms with Crippen molar-refractivity contribution in [1.29, 1.82) is 0 Å². The van der Waals surface area contributed by atoms with Crippen LogP contribution in [0.1, 0.15) is 150 Å². The SMILES string of the molecule is CC1CCOC(C2OC2C(C)(O)C(C)(CO)CCC2CCNC(N)C2)(C2CC3CCC4=C5C(CCC2(C)C53O)C2(C3CCCCC3)CCC(O)CC2C4=O)C1. The topological polar surface area (TPSA) is 158 Å². The second kappa shape index (κ2) is 13.8. The van der Waals surface area contributed by atoms with Crippen molar-refractivity contribution in [2.45, 2.75) is 191 Å². The molecule has 0 bridgehead atoms. The Kier molecular flexibility index (Phi) is 9.94. The molecule has 9 aliphatic rings. The van der Waals surface area contributed by atoms with E-state index in [1.165, 1.54) is 19.3 Å². The molecule has 0 amide bonds. The maximum Gasteiger partial charge on any atom is 0.162 e. The molecule has 9 rings (SSSR count). The predicted molar refractivity (Wildman–Crippen MR) is 210 cm³/mol. The average Bonchev–Trinajstić information content (AvgIpc) is 3.96. The summed E-state index contributed by atoms with van der Waals surface area (Å²) >= 11 is 0. The molecular weight excluding hydrogens is 693 g/mol. The van der Waals surface area contributed by atoms with E-state index in [9.17, 15) is 25.2 Å². The number of ketones is 1. The summed E-state index contributed by atoms with van der Waals surface area (Å²) in [5.41, 5.74) is 3.76. The monoisotopic (exact) mass is 767 g/mol. The lowest BCUT2D eigenvalue weighted by molar-refractivity contribution is -0.201. The molecule has 16 unspecified atom stereocenters. The van der Waals surface area contributed by atoms with Crippen molar-refractivity contribution in [3.8, 4) is 0 Å². The molecule has 3 saturated heterocycles. The fourth-order valence-corrected chi connectivity index (χ4v) is 15.9. The van der Waals surface area contributed by atoms with Crippen molar-refractivity contribution in [3.63, 3.8) is 0 Å². The van der Waals surface area contributed by atoms with Gasteiger partial charge in [0, 0.05) is 23.4 Å². The number of allylic oxidation sites excluding steroid dienone is 1. The van der Waals surface area contributed by atoms with Gasteiger partial charge in [-0.15, -0.1) is 0 Å². The number of piperidine rings is 1. The molecule has 55 heavy (non-hydrogen) atoms. The molecule has 9 heteroatoms. The van der Waals surface area contributed by atoms with Crippen molar-refractivity contribution in [3.05, 3.63) is 11.1 Å². The minimum atomic E-state index is -1.29. The third-order valence-electron chi connectivity index (χ3n) is 19.2. The lowest BCUT2D eigenvalue weighted by Crippen LogP contribution is -2.67. The Morgan fingerprint density at radius 1 is 0.964 bits per heavy atom. The van der Waals surface area contributed by atoms with Gasteiger partial charge in [-0.3, -0.25) is 4.79 Å². The summed E-state index contributed by atoms with van der Waals surface area (Å²) in [4.78, 5) is 15.0. The number of aliphatic hydroxyl groups excluding tert-OH is 2. The number of fused-ring (bicyclic) bond motifs is 2. The molecule has 0 spiro atoms. The molecule has 3 heterocycles. The van der Waals surface area contributed by atoms with Crippen LogP contribution in [0.15, 0.2) is 11.1 Å². The Morgan fingerprint density at radius 2 is 1.75 bits per heavy atom. The Morgan fingerprint density at radius 3 is 2.47 bits per heavy atom. The van der Waals surface area contributed by atoms with Crippen LogP contribution >= 0.6 is 0 Å². The number of nitrogens with two attached hydrogens (primary N) is 1. The Balaban J connectivity index is 1.06. The highest BCUT2D eigenvalue weighted by Gasteiger charge is 2.78. The summed E-state index contributed by atoms with van der Waals surface area (Å²) < 4.78 is 14.0. The summed E-state index contributed by atoms with van der Waals surface area (Å²) in [5, 5.41) is 51.8. The number of carbonyl (C=O) groups excluding carboxylic acids is 1. The van der Waals surface area contributed by atoms with E-state index >= 15 is 0 Å². The van der Waals surface area contributed by atoms with Gasteiger partial charge in [-0.2, -0.15) is 0 Å². The van der Waals surface area contributed by atoms with Crippen LogP contribution in [0.2, 0.25) is 0 Å². The Hall–Kier alpha value is -0.910. The third-order valence-corrected chi connectivity index (χ3v) is 19.2. The molecule has 310 valence electrons. The van der Waals surface area contributed by atoms with Crippen LogP contribution in [0.4, 0.5) is 0 Å². The summed E-state index contributed by atoms with van der Waals surface area (Å²) in [6, 6.07) is 0. The molecule has 9 nitrogen and oxygen atoms in total. The van der Waals surface area contributed by atoms with Crippen LogP contribution in [-0.2, 0) is 14.3 Å². The molecule has 7 N–H and O–H groups in total. The van der Waals surface area contributed by atoms with Crippen molar-refractivity contribution >= 4 is 5.78 Å². The molecule has 0 aromatic carbocycles. The van der Waals surface area contributed by atoms with E-state index in [-0.39, 0.29) is 53.7 Å². The number of carbonyl (C=O) groups is 1. The highest BCUT2D eigenvalue weighted by Crippen LogP contribution is 2.76. The molecule has 6 aliphatic carbocycles. The van der Waals surface area contributed by atoms with E-state index in [0.29, 0.717) is 37.2 Å². The fraction of sp³-hybridized carbons (Fsp3) is 0.935. The number of aliphatic hydroxyl groups is 4. The first kappa shape index (κ1) is 39.5. The zero-order chi connectivity index (χ0) is 38.8. The number of Topliss-reactive ketones (excluding diaryl/α,β-unsaturated/α-hetero) is 1. The van der Waals surface area contributed by atoms with Crippen LogP contribution in [-0.4, -0.2) is 87.2 Å². The van der Waals surface area contributed by atoms with E-state index in [1.807, 2.05) is 13.8 Å². The van der Waals surface area contributed by atoms with Crippen LogP contribution in [0.5, 0.6) is 0 Å². The van der Waals surface area contributed by atoms with Crippen molar-refractivity contribution in [2.24, 2.45) is 63.4 Å². The van der Waals surface area contributed by atoms with Gasteiger partial charge in [-0.05, 0) is 168 Å². The van der Waals surface area contributed by atoms with Gasteiger partial charge in [0.25, 0.3) is 0 Å². The third kappa shape index (κ3) is 5.62. The normalized spacial score (nSPS) is 50.8. The highest BCUT2D eigenvalue weighted by molar-refractivity contribution is 6.00. The lowest BCUT2D eigenvalue weighted by Gasteiger charge is -2.66. The number of rotatable bonds is 9. The Bertz CT molecular complexity index is 1530. The van der Waals surface area contributed by atoms with Crippen molar-refractivity contribution in [1.82, 2.24) is 5.32 Å². The predicted octanol–water partition coefficient (Wildman–Crippen LogP) is 5.94. The smallest absolute Gasteiger partial charge is 0.162 e. The van der Waals surface area contributed by atoms with E-state index in [2.05, 4.69) is 19.2 Å². The summed E-state index contributed by atoms with van der Waals surface area (Å²) in [6.45, 7) is 9.94. The van der Waals surface area contributed by atoms with E-state index in [1.54, 1.807) is 0 Å². The van der Waals surface area contributed by atoms with Gasteiger partial charge in [0.2, 0.25) is 0 Å². The van der Waals surface area contributed by atoms with Gasteiger partial charge in [0.1, 0.15) is 17.8 Å². The minimum Gasteiger partial charge on any atom is -0.396 e. The quantitative estimate of drug-likeness (QED) is 0.156. The first-order valence-electron chi connectivity index (χ1n) is 23.0. The lowest BCUT2D eigenvalue weighted by atomic mass is 9.39. The number of epoxide rings is 1. The second-order valence-electron chi connectivity index (χ2n) is 21.7. The largest absolute Gasteiger partial charge is 0.396 e. The van der Waals surface area contributed by atoms with Gasteiger partial charge in [-0.25, -0.2) is 0 Å². The van der Waals surface area contributed by atoms with Crippen molar-refractivity contribution < 1.29 is 34.7 Å². The molecular formula is C46H74N2O7. The summed E-state index contributed by atoms with van der Waals surface area (Å²) in [7, 11) is 0. The number of hydrogen-bond acceptors (Lipinski definition) is 9. The van der Waals surface area contributed by atoms with Gasteiger partial charge in [0.05, 0.1) is 30.1 Å². The van der Waals surface area contributed by atoms with E-state index < -0.39 is 39.8 Å². The summed E-state index contributed by atoms with van der Waals surface area (Å²) in [5.74, 6) is 1.68. The number of nitrogens with one attached hydrogen (secondary N) is 1. The zero-order valence-corrected chi connectivity index (χ0v) is 34.5.